The fourth-order valence-electron chi connectivity index (χ4n) is 5.61. The number of rotatable bonds is 16. The second kappa shape index (κ2) is 15.0. The highest BCUT2D eigenvalue weighted by atomic mass is 16.5. The van der Waals surface area contributed by atoms with E-state index in [1.807, 2.05) is 6.20 Å². The van der Waals surface area contributed by atoms with Crippen LogP contribution in [0.25, 0.3) is 22.2 Å². The number of ether oxygens (including phenoxy) is 1. The lowest BCUT2D eigenvalue weighted by Crippen LogP contribution is -2.05. The van der Waals surface area contributed by atoms with Gasteiger partial charge in [-0.1, -0.05) is 127 Å². The number of nitrogens with zero attached hydrogens (tertiary/aromatic N) is 2. The number of aromatic nitrogens is 2. The predicted molar refractivity (Wildman–Crippen MR) is 153 cm³/mol. The maximum Gasteiger partial charge on any atom is 0.220 e. The standard InChI is InChI=1S/C33H46N2O/c1-2-3-4-6-10-21-31-26-34-32(30-23-22-28-19-13-14-20-29(28)25-30)35-33(31)36-24-15-8-5-7-9-16-27-17-11-12-18-27/h13-14,19-20,22-23,25-27H,2-12,15-18,21,24H2,1H3. The van der Waals surface area contributed by atoms with Crippen molar-refractivity contribution in [1.29, 1.82) is 0 Å². The van der Waals surface area contributed by atoms with Gasteiger partial charge in [0.05, 0.1) is 6.61 Å². The Morgan fingerprint density at radius 3 is 2.42 bits per heavy atom. The molecule has 1 heterocycles. The summed E-state index contributed by atoms with van der Waals surface area (Å²) in [5, 5.41) is 2.46. The van der Waals surface area contributed by atoms with Crippen molar-refractivity contribution < 1.29 is 4.74 Å². The van der Waals surface area contributed by atoms with Crippen molar-refractivity contribution in [2.45, 2.75) is 110 Å². The maximum absolute atomic E-state index is 6.30. The molecular formula is C33H46N2O. The second-order valence-corrected chi connectivity index (χ2v) is 10.8. The van der Waals surface area contributed by atoms with E-state index in [4.69, 9.17) is 14.7 Å². The lowest BCUT2D eigenvalue weighted by molar-refractivity contribution is 0.289. The Labute approximate surface area is 219 Å². The molecule has 0 spiro atoms. The lowest BCUT2D eigenvalue weighted by Gasteiger charge is -2.12. The number of hydrogen-bond donors (Lipinski definition) is 0. The largest absolute Gasteiger partial charge is 0.477 e. The Bertz CT molecular complexity index is 1040. The summed E-state index contributed by atoms with van der Waals surface area (Å²) in [6.45, 7) is 3.01. The fraction of sp³-hybridized carbons (Fsp3) is 0.576. The van der Waals surface area contributed by atoms with Crippen LogP contribution in [0.1, 0.15) is 109 Å². The zero-order chi connectivity index (χ0) is 24.8. The van der Waals surface area contributed by atoms with Gasteiger partial charge in [-0.2, -0.15) is 4.98 Å². The molecule has 1 aliphatic rings. The van der Waals surface area contributed by atoms with Crippen LogP contribution in [0.5, 0.6) is 5.88 Å². The van der Waals surface area contributed by atoms with Crippen molar-refractivity contribution >= 4 is 10.8 Å². The first-order chi connectivity index (χ1) is 17.8. The highest BCUT2D eigenvalue weighted by Gasteiger charge is 2.14. The fourth-order valence-corrected chi connectivity index (χ4v) is 5.61. The van der Waals surface area contributed by atoms with E-state index in [1.165, 1.54) is 101 Å². The SMILES string of the molecule is CCCCCCCc1cnc(-c2ccc3ccccc3c2)nc1OCCCCCCCC1CCCC1. The molecule has 3 nitrogen and oxygen atoms in total. The van der Waals surface area contributed by atoms with Gasteiger partial charge in [-0.3, -0.25) is 0 Å². The van der Waals surface area contributed by atoms with Gasteiger partial charge in [0.2, 0.25) is 5.88 Å². The van der Waals surface area contributed by atoms with Gasteiger partial charge in [0, 0.05) is 17.3 Å². The van der Waals surface area contributed by atoms with Gasteiger partial charge in [0.25, 0.3) is 0 Å². The first-order valence-electron chi connectivity index (χ1n) is 14.8. The molecule has 0 saturated heterocycles. The zero-order valence-corrected chi connectivity index (χ0v) is 22.5. The smallest absolute Gasteiger partial charge is 0.220 e. The third-order valence-corrected chi connectivity index (χ3v) is 7.85. The molecule has 36 heavy (non-hydrogen) atoms. The Hall–Kier alpha value is -2.42. The summed E-state index contributed by atoms with van der Waals surface area (Å²) in [5.74, 6) is 2.59. The second-order valence-electron chi connectivity index (χ2n) is 10.8. The Morgan fingerprint density at radius 2 is 1.56 bits per heavy atom. The van der Waals surface area contributed by atoms with Gasteiger partial charge < -0.3 is 4.74 Å². The minimum atomic E-state index is 0.750. The van der Waals surface area contributed by atoms with Crippen LogP contribution in [-0.4, -0.2) is 16.6 Å². The van der Waals surface area contributed by atoms with E-state index >= 15 is 0 Å². The van der Waals surface area contributed by atoms with Crippen LogP contribution in [0.15, 0.2) is 48.7 Å². The van der Waals surface area contributed by atoms with Gasteiger partial charge in [0.15, 0.2) is 5.82 Å². The highest BCUT2D eigenvalue weighted by molar-refractivity contribution is 5.86. The van der Waals surface area contributed by atoms with Gasteiger partial charge >= 0.3 is 0 Å². The third kappa shape index (κ3) is 8.32. The molecule has 1 aromatic heterocycles. The Morgan fingerprint density at radius 1 is 0.806 bits per heavy atom. The van der Waals surface area contributed by atoms with E-state index < -0.39 is 0 Å². The van der Waals surface area contributed by atoms with Crippen LogP contribution in [0.2, 0.25) is 0 Å². The molecular weight excluding hydrogens is 440 g/mol. The van der Waals surface area contributed by atoms with E-state index in [1.54, 1.807) is 0 Å². The molecule has 1 aliphatic carbocycles. The Kier molecular flexibility index (Phi) is 11.1. The van der Waals surface area contributed by atoms with Crippen LogP contribution in [0.3, 0.4) is 0 Å². The molecule has 1 saturated carbocycles. The molecule has 0 bridgehead atoms. The number of aryl methyl sites for hydroxylation is 1. The molecule has 0 N–H and O–H groups in total. The summed E-state index contributed by atoms with van der Waals surface area (Å²) in [7, 11) is 0. The molecule has 0 aliphatic heterocycles. The van der Waals surface area contributed by atoms with Gasteiger partial charge in [0.1, 0.15) is 0 Å². The van der Waals surface area contributed by atoms with Gasteiger partial charge in [-0.05, 0) is 42.0 Å². The predicted octanol–water partition coefficient (Wildman–Crippen LogP) is 9.72. The molecule has 0 atom stereocenters. The summed E-state index contributed by atoms with van der Waals surface area (Å²) in [6.07, 6.45) is 23.2. The average Bonchev–Trinajstić information content (AvgIpc) is 3.44. The van der Waals surface area contributed by atoms with Crippen molar-refractivity contribution in [3.05, 3.63) is 54.2 Å². The summed E-state index contributed by atoms with van der Waals surface area (Å²) < 4.78 is 6.30. The quantitative estimate of drug-likeness (QED) is 0.189. The number of fused-ring (bicyclic) bond motifs is 1. The summed E-state index contributed by atoms with van der Waals surface area (Å²) in [4.78, 5) is 9.67. The molecule has 1 fully saturated rings. The van der Waals surface area contributed by atoms with Gasteiger partial charge in [-0.25, -0.2) is 4.98 Å². The van der Waals surface area contributed by atoms with Crippen LogP contribution < -0.4 is 4.74 Å². The normalized spacial score (nSPS) is 14.0. The molecule has 2 aromatic carbocycles. The topological polar surface area (TPSA) is 35.0 Å². The molecule has 0 radical (unpaired) electrons. The Balaban J connectivity index is 1.31. The van der Waals surface area contributed by atoms with Crippen molar-refractivity contribution in [2.24, 2.45) is 5.92 Å². The van der Waals surface area contributed by atoms with Crippen molar-refractivity contribution in [3.8, 4) is 17.3 Å². The number of unbranched alkanes of at least 4 members (excludes halogenated alkanes) is 8. The van der Waals surface area contributed by atoms with Crippen molar-refractivity contribution in [3.63, 3.8) is 0 Å². The third-order valence-electron chi connectivity index (χ3n) is 7.85. The monoisotopic (exact) mass is 486 g/mol. The molecule has 3 heteroatoms. The molecule has 0 amide bonds. The molecule has 0 unspecified atom stereocenters. The number of benzene rings is 2. The van der Waals surface area contributed by atoms with E-state index in [-0.39, 0.29) is 0 Å². The summed E-state index contributed by atoms with van der Waals surface area (Å²) in [5.41, 5.74) is 2.21. The average molecular weight is 487 g/mol. The van der Waals surface area contributed by atoms with E-state index in [0.29, 0.717) is 0 Å². The zero-order valence-electron chi connectivity index (χ0n) is 22.5. The molecule has 194 valence electrons. The van der Waals surface area contributed by atoms with Crippen LogP contribution in [0.4, 0.5) is 0 Å². The summed E-state index contributed by atoms with van der Waals surface area (Å²) >= 11 is 0. The van der Waals surface area contributed by atoms with Crippen molar-refractivity contribution in [2.75, 3.05) is 6.61 Å². The van der Waals surface area contributed by atoms with Crippen molar-refractivity contribution in [1.82, 2.24) is 9.97 Å². The number of hydrogen-bond acceptors (Lipinski definition) is 3. The summed E-state index contributed by atoms with van der Waals surface area (Å²) in [6, 6.07) is 14.9. The first kappa shape index (κ1) is 26.6. The van der Waals surface area contributed by atoms with Crippen LogP contribution >= 0.6 is 0 Å². The minimum absolute atomic E-state index is 0.750. The van der Waals surface area contributed by atoms with E-state index in [9.17, 15) is 0 Å². The van der Waals surface area contributed by atoms with Gasteiger partial charge in [-0.15, -0.1) is 0 Å². The maximum atomic E-state index is 6.30. The highest BCUT2D eigenvalue weighted by Crippen LogP contribution is 2.29. The van der Waals surface area contributed by atoms with Crippen LogP contribution in [-0.2, 0) is 6.42 Å². The lowest BCUT2D eigenvalue weighted by atomic mass is 9.99. The first-order valence-corrected chi connectivity index (χ1v) is 14.8. The van der Waals surface area contributed by atoms with E-state index in [2.05, 4.69) is 49.4 Å². The van der Waals surface area contributed by atoms with Crippen LogP contribution in [0, 0.1) is 5.92 Å². The van der Waals surface area contributed by atoms with E-state index in [0.717, 1.165) is 48.2 Å². The molecule has 3 aromatic rings. The minimum Gasteiger partial charge on any atom is -0.477 e. The molecule has 4 rings (SSSR count).